The van der Waals surface area contributed by atoms with Crippen LogP contribution in [0.5, 0.6) is 0 Å². The second-order valence-corrected chi connectivity index (χ2v) is 24.5. The van der Waals surface area contributed by atoms with Crippen molar-refractivity contribution in [2.75, 3.05) is 34.3 Å². The summed E-state index contributed by atoms with van der Waals surface area (Å²) in [4.78, 5) is 16.3. The summed E-state index contributed by atoms with van der Waals surface area (Å²) in [6, 6.07) is 145. The van der Waals surface area contributed by atoms with Crippen LogP contribution < -0.4 is 34.3 Å². The van der Waals surface area contributed by atoms with Crippen molar-refractivity contribution in [2.45, 2.75) is 13.8 Å². The van der Waals surface area contributed by atoms with Gasteiger partial charge in [-0.15, -0.1) is 0 Å². The summed E-state index contributed by atoms with van der Waals surface area (Å²) < 4.78 is 0. The molecule has 0 unspecified atom stereocenters. The zero-order valence-electron chi connectivity index (χ0n) is 55.3. The minimum atomic E-state index is 1.03. The molecule has 15 rings (SSSR count). The zero-order chi connectivity index (χ0) is 66.7. The van der Waals surface area contributed by atoms with Crippen LogP contribution >= 0.6 is 0 Å². The van der Waals surface area contributed by atoms with Gasteiger partial charge in [0.05, 0.1) is 0 Å². The summed E-state index contributed by atoms with van der Waals surface area (Å²) in [6.07, 6.45) is 0. The maximum Gasteiger partial charge on any atom is 0.0464 e. The Hall–Kier alpha value is -13.1. The molecule has 476 valence electrons. The first kappa shape index (κ1) is 62.0. The maximum absolute atomic E-state index is 2.33. The average Bonchev–Trinajstić information content (AvgIpc) is 0.798. The van der Waals surface area contributed by atoms with E-state index in [-0.39, 0.29) is 0 Å². The quantitative estimate of drug-likeness (QED) is 0.0706. The molecule has 0 N–H and O–H groups in total. The van der Waals surface area contributed by atoms with Gasteiger partial charge >= 0.3 is 0 Å². The molecule has 15 aromatic carbocycles. The molecule has 0 radical (unpaired) electrons. The second kappa shape index (κ2) is 28.9. The van der Waals surface area contributed by atoms with Crippen molar-refractivity contribution in [3.8, 4) is 0 Å². The standard InChI is InChI=1S/C92H73N7/c1-70-26-24-42-91(68-70)98(77-38-20-8-21-39-77)89-64-60-87(61-65-89)96(75-34-16-6-17-35-75)85-56-52-83(53-57-85)94(73-30-12-4-13-31-73)81-48-44-79(45-49-81)93(72-28-10-3-11-29-72)80-46-50-82(51-47-80)95(74-32-14-5-15-33-74)84-54-58-86(59-55-84)97(76-36-18-7-19-37-76)88-62-66-90(67-63-88)99(78-40-22-9-23-41-78)92-43-25-27-71(2)69-92/h3-69H,1-2H3. The van der Waals surface area contributed by atoms with Crippen molar-refractivity contribution in [3.05, 3.63) is 418 Å². The van der Waals surface area contributed by atoms with Crippen LogP contribution in [0, 0.1) is 13.8 Å². The molecule has 0 amide bonds. The molecule has 7 nitrogen and oxygen atoms in total. The van der Waals surface area contributed by atoms with Crippen LogP contribution in [0.15, 0.2) is 406 Å². The molecule has 0 aromatic heterocycles. The lowest BCUT2D eigenvalue weighted by molar-refractivity contribution is 1.23. The van der Waals surface area contributed by atoms with E-state index >= 15 is 0 Å². The normalized spacial score (nSPS) is 10.9. The molecule has 0 fully saturated rings. The van der Waals surface area contributed by atoms with Crippen molar-refractivity contribution >= 4 is 119 Å². The first-order valence-electron chi connectivity index (χ1n) is 33.6. The molecule has 0 aliphatic carbocycles. The van der Waals surface area contributed by atoms with Crippen LogP contribution in [-0.4, -0.2) is 0 Å². The van der Waals surface area contributed by atoms with Crippen molar-refractivity contribution in [1.29, 1.82) is 0 Å². The number of aryl methyl sites for hydroxylation is 2. The third kappa shape index (κ3) is 13.6. The topological polar surface area (TPSA) is 22.7 Å². The second-order valence-electron chi connectivity index (χ2n) is 24.5. The van der Waals surface area contributed by atoms with E-state index < -0.39 is 0 Å². The van der Waals surface area contributed by atoms with Gasteiger partial charge in [0.2, 0.25) is 0 Å². The Morgan fingerprint density at radius 3 is 0.354 bits per heavy atom. The first-order chi connectivity index (χ1) is 48.9. The summed E-state index contributed by atoms with van der Waals surface area (Å²) in [5.74, 6) is 0. The molecule has 0 aliphatic rings. The maximum atomic E-state index is 2.33. The van der Waals surface area contributed by atoms with Crippen molar-refractivity contribution in [2.24, 2.45) is 0 Å². The van der Waals surface area contributed by atoms with Gasteiger partial charge in [-0.1, -0.05) is 152 Å². The predicted octanol–water partition coefficient (Wildman–Crippen LogP) is 26.6. The van der Waals surface area contributed by atoms with Crippen LogP contribution in [0.3, 0.4) is 0 Å². The first-order valence-corrected chi connectivity index (χ1v) is 33.6. The lowest BCUT2D eigenvalue weighted by Gasteiger charge is -2.30. The van der Waals surface area contributed by atoms with E-state index in [0.29, 0.717) is 0 Å². The van der Waals surface area contributed by atoms with Gasteiger partial charge in [0.25, 0.3) is 0 Å². The van der Waals surface area contributed by atoms with E-state index in [1.807, 2.05) is 0 Å². The number of benzene rings is 15. The van der Waals surface area contributed by atoms with Crippen LogP contribution in [0.2, 0.25) is 0 Å². The SMILES string of the molecule is Cc1cccc(N(c2ccccc2)c2ccc(N(c3ccccc3)c3ccc(N(c4ccccc4)c4ccc(N(c5ccccc5)c5ccc(N(c6ccccc6)c6ccc(N(c7ccccc7)c7ccc(N(c8ccccc8)c8cccc(C)c8)cc7)cc6)cc5)cc4)cc3)cc2)c1. The van der Waals surface area contributed by atoms with E-state index in [2.05, 4.69) is 455 Å². The fraction of sp³-hybridized carbons (Fsp3) is 0.0217. The van der Waals surface area contributed by atoms with Gasteiger partial charge in [-0.3, -0.25) is 0 Å². The van der Waals surface area contributed by atoms with Gasteiger partial charge in [0, 0.05) is 119 Å². The molecule has 0 heterocycles. The summed E-state index contributed by atoms with van der Waals surface area (Å²) in [7, 11) is 0. The number of para-hydroxylation sites is 7. The number of nitrogens with zero attached hydrogens (tertiary/aromatic N) is 7. The highest BCUT2D eigenvalue weighted by molar-refractivity contribution is 5.88. The third-order valence-electron chi connectivity index (χ3n) is 17.8. The Balaban J connectivity index is 0.719. The van der Waals surface area contributed by atoms with Crippen LogP contribution in [0.1, 0.15) is 11.1 Å². The fourth-order valence-corrected chi connectivity index (χ4v) is 13.2. The molecular formula is C92H73N7. The third-order valence-corrected chi connectivity index (χ3v) is 17.8. The highest BCUT2D eigenvalue weighted by atomic mass is 15.2. The van der Waals surface area contributed by atoms with Crippen molar-refractivity contribution in [1.82, 2.24) is 0 Å². The van der Waals surface area contributed by atoms with E-state index in [4.69, 9.17) is 0 Å². The average molecular weight is 1280 g/mol. The van der Waals surface area contributed by atoms with Gasteiger partial charge in [0.15, 0.2) is 0 Å². The highest BCUT2D eigenvalue weighted by Crippen LogP contribution is 2.46. The number of rotatable bonds is 21. The van der Waals surface area contributed by atoms with E-state index in [1.54, 1.807) is 0 Å². The molecule has 0 aliphatic heterocycles. The summed E-state index contributed by atoms with van der Waals surface area (Å²) in [5, 5.41) is 0. The monoisotopic (exact) mass is 1280 g/mol. The molecule has 0 saturated heterocycles. The molecule has 0 bridgehead atoms. The van der Waals surface area contributed by atoms with Crippen molar-refractivity contribution < 1.29 is 0 Å². The van der Waals surface area contributed by atoms with E-state index in [9.17, 15) is 0 Å². The van der Waals surface area contributed by atoms with Gasteiger partial charge < -0.3 is 34.3 Å². The molecule has 7 heteroatoms. The molecule has 0 spiro atoms. The van der Waals surface area contributed by atoms with E-state index in [1.165, 1.54) is 11.1 Å². The number of hydrogen-bond donors (Lipinski definition) is 0. The fourth-order valence-electron chi connectivity index (χ4n) is 13.2. The summed E-state index contributed by atoms with van der Waals surface area (Å²) in [5.41, 5.74) is 24.7. The lowest BCUT2D eigenvalue weighted by atomic mass is 10.1. The van der Waals surface area contributed by atoms with Crippen LogP contribution in [-0.2, 0) is 0 Å². The minimum Gasteiger partial charge on any atom is -0.311 e. The highest BCUT2D eigenvalue weighted by Gasteiger charge is 2.23. The molecule has 0 atom stereocenters. The van der Waals surface area contributed by atoms with Gasteiger partial charge in [-0.2, -0.15) is 0 Å². The van der Waals surface area contributed by atoms with Gasteiger partial charge in [-0.25, -0.2) is 0 Å². The van der Waals surface area contributed by atoms with Crippen LogP contribution in [0.25, 0.3) is 0 Å². The molecule has 0 saturated carbocycles. The Morgan fingerprint density at radius 2 is 0.222 bits per heavy atom. The minimum absolute atomic E-state index is 1.03. The number of anilines is 21. The predicted molar refractivity (Wildman–Crippen MR) is 419 cm³/mol. The smallest absolute Gasteiger partial charge is 0.0464 e. The number of hydrogen-bond acceptors (Lipinski definition) is 7. The zero-order valence-corrected chi connectivity index (χ0v) is 55.3. The Morgan fingerprint density at radius 1 is 0.111 bits per heavy atom. The Labute approximate surface area is 581 Å². The Kier molecular flexibility index (Phi) is 18.1. The van der Waals surface area contributed by atoms with Crippen molar-refractivity contribution in [3.63, 3.8) is 0 Å². The van der Waals surface area contributed by atoms with Gasteiger partial charge in [-0.05, 0) is 280 Å². The molecule has 99 heavy (non-hydrogen) atoms. The summed E-state index contributed by atoms with van der Waals surface area (Å²) >= 11 is 0. The van der Waals surface area contributed by atoms with Gasteiger partial charge in [0.1, 0.15) is 0 Å². The largest absolute Gasteiger partial charge is 0.311 e. The Bertz CT molecular complexity index is 4750. The van der Waals surface area contributed by atoms with Crippen LogP contribution in [0.4, 0.5) is 119 Å². The molecule has 15 aromatic rings. The van der Waals surface area contributed by atoms with E-state index in [0.717, 1.165) is 119 Å². The molecular weight excluding hydrogens is 1200 g/mol. The summed E-state index contributed by atoms with van der Waals surface area (Å²) in [6.45, 7) is 4.29. The lowest BCUT2D eigenvalue weighted by Crippen LogP contribution is -2.14.